The summed E-state index contributed by atoms with van der Waals surface area (Å²) in [5.74, 6) is 2.07. The zero-order valence-corrected chi connectivity index (χ0v) is 15.9. The summed E-state index contributed by atoms with van der Waals surface area (Å²) < 4.78 is 0. The van der Waals surface area contributed by atoms with E-state index in [-0.39, 0.29) is 28.4 Å². The van der Waals surface area contributed by atoms with Crippen LogP contribution < -0.4 is 0 Å². The molecule has 2 fully saturated rings. The van der Waals surface area contributed by atoms with Gasteiger partial charge in [0.1, 0.15) is 5.78 Å². The first-order chi connectivity index (χ1) is 11.7. The minimum atomic E-state index is -0.00939. The maximum Gasteiger partial charge on any atom is 0.156 e. The second-order valence-corrected chi connectivity index (χ2v) is 9.48. The van der Waals surface area contributed by atoms with Crippen LogP contribution in [-0.4, -0.2) is 16.7 Å². The number of aliphatic hydroxyl groups is 1. The van der Waals surface area contributed by atoms with Gasteiger partial charge in [-0.1, -0.05) is 13.8 Å². The van der Waals surface area contributed by atoms with Gasteiger partial charge in [0.25, 0.3) is 0 Å². The molecule has 0 spiro atoms. The minimum absolute atomic E-state index is 0.00939. The molecule has 4 rings (SSSR count). The highest BCUT2D eigenvalue weighted by Gasteiger charge is 2.61. The highest BCUT2D eigenvalue weighted by molar-refractivity contribution is 5.92. The van der Waals surface area contributed by atoms with Crippen molar-refractivity contribution < 1.29 is 14.7 Å². The molecule has 0 amide bonds. The molecule has 6 atom stereocenters. The number of fused-ring (bicyclic) bond motifs is 5. The van der Waals surface area contributed by atoms with Crippen molar-refractivity contribution in [1.29, 1.82) is 0 Å². The third-order valence-electron chi connectivity index (χ3n) is 8.49. The Morgan fingerprint density at radius 1 is 1.16 bits per heavy atom. The topological polar surface area (TPSA) is 54.4 Å². The van der Waals surface area contributed by atoms with Crippen LogP contribution in [-0.2, 0) is 9.59 Å². The molecule has 3 heteroatoms. The Morgan fingerprint density at radius 2 is 1.88 bits per heavy atom. The predicted molar refractivity (Wildman–Crippen MR) is 97.0 cm³/mol. The van der Waals surface area contributed by atoms with Gasteiger partial charge in [-0.2, -0.15) is 0 Å². The summed E-state index contributed by atoms with van der Waals surface area (Å²) >= 11 is 0. The summed E-state index contributed by atoms with van der Waals surface area (Å²) in [5.41, 5.74) is 2.01. The van der Waals surface area contributed by atoms with E-state index in [9.17, 15) is 14.7 Å². The van der Waals surface area contributed by atoms with Gasteiger partial charge >= 0.3 is 0 Å². The zero-order chi connectivity index (χ0) is 18.1. The zero-order valence-electron chi connectivity index (χ0n) is 15.9. The van der Waals surface area contributed by atoms with Crippen molar-refractivity contribution in [3.8, 4) is 0 Å². The molecule has 0 saturated heterocycles. The number of hydrogen-bond acceptors (Lipinski definition) is 3. The third-order valence-corrected chi connectivity index (χ3v) is 8.49. The van der Waals surface area contributed by atoms with Crippen molar-refractivity contribution >= 4 is 11.6 Å². The molecule has 25 heavy (non-hydrogen) atoms. The van der Waals surface area contributed by atoms with Crippen LogP contribution in [0.4, 0.5) is 0 Å². The summed E-state index contributed by atoms with van der Waals surface area (Å²) in [4.78, 5) is 24.2. The average Bonchev–Trinajstić information content (AvgIpc) is 2.91. The molecule has 0 bridgehead atoms. The Hall–Kier alpha value is -1.38. The lowest BCUT2D eigenvalue weighted by Crippen LogP contribution is -2.51. The molecular formula is C22H30O3. The van der Waals surface area contributed by atoms with Crippen LogP contribution in [0.2, 0.25) is 0 Å². The Morgan fingerprint density at radius 3 is 2.56 bits per heavy atom. The summed E-state index contributed by atoms with van der Waals surface area (Å²) in [6, 6.07) is 0. The Kier molecular flexibility index (Phi) is 3.62. The van der Waals surface area contributed by atoms with E-state index in [1.54, 1.807) is 13.0 Å². The molecule has 0 aromatic carbocycles. The van der Waals surface area contributed by atoms with Gasteiger partial charge in [0.05, 0.1) is 5.76 Å². The van der Waals surface area contributed by atoms with E-state index in [0.29, 0.717) is 29.8 Å². The largest absolute Gasteiger partial charge is 0.512 e. The fourth-order valence-electron chi connectivity index (χ4n) is 7.13. The molecule has 0 heterocycles. The number of aliphatic hydroxyl groups excluding tert-OH is 1. The molecule has 3 nitrogen and oxygen atoms in total. The fraction of sp³-hybridized carbons (Fsp3) is 0.727. The SMILES string of the molecule is CC(=O)[C@H]1CC[C@H]2[C@@H]3C(O)=C(C)C4=CC(=O)CC[C@]4(C)[C@H]3CC[C@]12C. The number of carbonyl (C=O) groups excluding carboxylic acids is 2. The second kappa shape index (κ2) is 5.31. The predicted octanol–water partition coefficient (Wildman–Crippen LogP) is 4.78. The van der Waals surface area contributed by atoms with Gasteiger partial charge in [-0.25, -0.2) is 0 Å². The van der Waals surface area contributed by atoms with E-state index in [1.165, 1.54) is 0 Å². The van der Waals surface area contributed by atoms with Gasteiger partial charge < -0.3 is 5.11 Å². The lowest BCUT2D eigenvalue weighted by molar-refractivity contribution is -0.127. The first-order valence-electron chi connectivity index (χ1n) is 9.85. The lowest BCUT2D eigenvalue weighted by Gasteiger charge is -2.57. The number of ketones is 2. The fourth-order valence-corrected chi connectivity index (χ4v) is 7.13. The van der Waals surface area contributed by atoms with Crippen LogP contribution in [0.3, 0.4) is 0 Å². The monoisotopic (exact) mass is 342 g/mol. The first kappa shape index (κ1) is 17.1. The van der Waals surface area contributed by atoms with Crippen molar-refractivity contribution in [3.63, 3.8) is 0 Å². The van der Waals surface area contributed by atoms with Gasteiger partial charge in [0.15, 0.2) is 5.78 Å². The normalized spacial score (nSPS) is 46.2. The van der Waals surface area contributed by atoms with Crippen LogP contribution >= 0.6 is 0 Å². The maximum absolute atomic E-state index is 12.2. The quantitative estimate of drug-likeness (QED) is 0.746. The van der Waals surface area contributed by atoms with E-state index < -0.39 is 0 Å². The lowest BCUT2D eigenvalue weighted by atomic mass is 9.47. The maximum atomic E-state index is 12.2. The number of carbonyl (C=O) groups is 2. The van der Waals surface area contributed by atoms with Gasteiger partial charge in [0.2, 0.25) is 0 Å². The smallest absolute Gasteiger partial charge is 0.156 e. The second-order valence-electron chi connectivity index (χ2n) is 9.48. The van der Waals surface area contributed by atoms with Crippen molar-refractivity contribution in [1.82, 2.24) is 0 Å². The Bertz CT molecular complexity index is 715. The molecule has 1 N–H and O–H groups in total. The highest BCUT2D eigenvalue weighted by Crippen LogP contribution is 2.67. The van der Waals surface area contributed by atoms with Crippen LogP contribution in [0.5, 0.6) is 0 Å². The van der Waals surface area contributed by atoms with E-state index in [0.717, 1.165) is 43.3 Å². The van der Waals surface area contributed by atoms with Gasteiger partial charge in [-0.05, 0) is 85.8 Å². The van der Waals surface area contributed by atoms with E-state index >= 15 is 0 Å². The molecule has 2 saturated carbocycles. The van der Waals surface area contributed by atoms with Crippen molar-refractivity contribution in [2.24, 2.45) is 34.5 Å². The number of Topliss-reactive ketones (excluding diaryl/α,β-unsaturated/α-hetero) is 1. The van der Waals surface area contributed by atoms with E-state index in [2.05, 4.69) is 13.8 Å². The van der Waals surface area contributed by atoms with Crippen molar-refractivity contribution in [2.45, 2.75) is 66.2 Å². The van der Waals surface area contributed by atoms with Gasteiger partial charge in [-0.15, -0.1) is 0 Å². The summed E-state index contributed by atoms with van der Waals surface area (Å²) in [7, 11) is 0. The standard InChI is InChI=1S/C22H30O3/c1-12-18-11-14(24)7-9-22(18,4)17-8-10-21(3)15(13(2)23)5-6-16(21)19(17)20(12)25/h11,15-17,19,25H,5-10H2,1-4H3/t15-,16+,17+,19+,21-,22-/m1/s1. The molecule has 0 radical (unpaired) electrons. The number of allylic oxidation sites excluding steroid dienone is 4. The molecule has 0 aromatic rings. The number of hydrogen-bond donors (Lipinski definition) is 1. The Balaban J connectivity index is 1.83. The molecule has 0 unspecified atom stereocenters. The van der Waals surface area contributed by atoms with Gasteiger partial charge in [-0.3, -0.25) is 9.59 Å². The molecular weight excluding hydrogens is 312 g/mol. The van der Waals surface area contributed by atoms with Crippen molar-refractivity contribution in [3.05, 3.63) is 23.0 Å². The average molecular weight is 342 g/mol. The van der Waals surface area contributed by atoms with Crippen LogP contribution in [0.15, 0.2) is 23.0 Å². The molecule has 0 aromatic heterocycles. The third kappa shape index (κ3) is 2.10. The van der Waals surface area contributed by atoms with Crippen LogP contribution in [0, 0.1) is 34.5 Å². The molecule has 0 aliphatic heterocycles. The minimum Gasteiger partial charge on any atom is -0.512 e. The Labute approximate surface area is 150 Å². The van der Waals surface area contributed by atoms with Gasteiger partial charge in [0, 0.05) is 18.3 Å². The van der Waals surface area contributed by atoms with Crippen LogP contribution in [0.1, 0.15) is 66.2 Å². The molecule has 4 aliphatic carbocycles. The van der Waals surface area contributed by atoms with Crippen molar-refractivity contribution in [2.75, 3.05) is 0 Å². The molecule has 136 valence electrons. The number of rotatable bonds is 1. The summed E-state index contributed by atoms with van der Waals surface area (Å²) in [6.45, 7) is 8.31. The first-order valence-corrected chi connectivity index (χ1v) is 9.85. The molecule has 4 aliphatic rings. The van der Waals surface area contributed by atoms with E-state index in [4.69, 9.17) is 0 Å². The van der Waals surface area contributed by atoms with E-state index in [1.807, 2.05) is 6.92 Å². The van der Waals surface area contributed by atoms with Crippen LogP contribution in [0.25, 0.3) is 0 Å². The summed E-state index contributed by atoms with van der Waals surface area (Å²) in [5, 5.41) is 11.1. The summed E-state index contributed by atoms with van der Waals surface area (Å²) in [6.07, 6.45) is 7.41. The highest BCUT2D eigenvalue weighted by atomic mass is 16.3.